The van der Waals surface area contributed by atoms with E-state index in [1.165, 1.54) is 6.20 Å². The van der Waals surface area contributed by atoms with Crippen molar-refractivity contribution < 1.29 is 8.42 Å². The third-order valence-electron chi connectivity index (χ3n) is 2.49. The molecule has 0 saturated heterocycles. The van der Waals surface area contributed by atoms with Crippen LogP contribution in [0, 0.1) is 6.92 Å². The van der Waals surface area contributed by atoms with Gasteiger partial charge in [-0.1, -0.05) is 6.07 Å². The number of imidazole rings is 1. The van der Waals surface area contributed by atoms with Crippen molar-refractivity contribution in [3.05, 3.63) is 42.1 Å². The van der Waals surface area contributed by atoms with E-state index < -0.39 is 10.0 Å². The molecule has 0 saturated carbocycles. The SMILES string of the molecule is Cc1ncc(S(=O)(=O)NC(C)c2cccnc2)[nH]1. The van der Waals surface area contributed by atoms with Crippen molar-refractivity contribution >= 4 is 10.0 Å². The molecule has 2 aromatic heterocycles. The molecule has 2 heterocycles. The van der Waals surface area contributed by atoms with Crippen molar-refractivity contribution in [1.82, 2.24) is 19.7 Å². The minimum absolute atomic E-state index is 0.0655. The lowest BCUT2D eigenvalue weighted by molar-refractivity contribution is 0.563. The highest BCUT2D eigenvalue weighted by atomic mass is 32.2. The Hall–Kier alpha value is -1.73. The van der Waals surface area contributed by atoms with Crippen LogP contribution < -0.4 is 4.72 Å². The molecule has 2 aromatic rings. The summed E-state index contributed by atoms with van der Waals surface area (Å²) in [6, 6.07) is 3.23. The minimum Gasteiger partial charge on any atom is -0.332 e. The largest absolute Gasteiger partial charge is 0.332 e. The fourth-order valence-corrected chi connectivity index (χ4v) is 2.73. The molecule has 0 amide bonds. The third-order valence-corrected chi connectivity index (χ3v) is 3.94. The van der Waals surface area contributed by atoms with E-state index in [9.17, 15) is 8.42 Å². The standard InChI is InChI=1S/C11H14N4O2S/c1-8(10-4-3-5-12-6-10)15-18(16,17)11-7-13-9(2)14-11/h3-8,15H,1-2H3,(H,13,14). The fraction of sp³-hybridized carbons (Fsp3) is 0.273. The van der Waals surface area contributed by atoms with E-state index in [1.54, 1.807) is 32.3 Å². The highest BCUT2D eigenvalue weighted by Crippen LogP contribution is 2.14. The van der Waals surface area contributed by atoms with Crippen LogP contribution in [0.3, 0.4) is 0 Å². The molecule has 0 aromatic carbocycles. The number of aryl methyl sites for hydroxylation is 1. The molecule has 1 atom stereocenters. The van der Waals surface area contributed by atoms with Gasteiger partial charge >= 0.3 is 0 Å². The van der Waals surface area contributed by atoms with E-state index in [1.807, 2.05) is 6.07 Å². The van der Waals surface area contributed by atoms with Gasteiger partial charge in [0.1, 0.15) is 5.82 Å². The Morgan fingerprint density at radius 2 is 2.17 bits per heavy atom. The lowest BCUT2D eigenvalue weighted by atomic mass is 10.2. The Morgan fingerprint density at radius 3 is 2.72 bits per heavy atom. The smallest absolute Gasteiger partial charge is 0.258 e. The summed E-state index contributed by atoms with van der Waals surface area (Å²) in [6.45, 7) is 3.46. The molecule has 0 spiro atoms. The second-order valence-corrected chi connectivity index (χ2v) is 5.64. The van der Waals surface area contributed by atoms with E-state index in [2.05, 4.69) is 19.7 Å². The summed E-state index contributed by atoms with van der Waals surface area (Å²) in [5.41, 5.74) is 0.803. The minimum atomic E-state index is -3.58. The molecule has 2 rings (SSSR count). The highest BCUT2D eigenvalue weighted by molar-refractivity contribution is 7.89. The number of hydrogen-bond donors (Lipinski definition) is 2. The predicted octanol–water partition coefficient (Wildman–Crippen LogP) is 1.15. The van der Waals surface area contributed by atoms with Crippen LogP contribution in [-0.2, 0) is 10.0 Å². The summed E-state index contributed by atoms with van der Waals surface area (Å²) < 4.78 is 26.6. The first-order valence-corrected chi connectivity index (χ1v) is 6.91. The summed E-state index contributed by atoms with van der Waals surface area (Å²) in [4.78, 5) is 10.5. The molecule has 0 fully saturated rings. The summed E-state index contributed by atoms with van der Waals surface area (Å²) in [5, 5.41) is 0.0655. The Labute approximate surface area is 106 Å². The quantitative estimate of drug-likeness (QED) is 0.869. The molecule has 96 valence electrons. The van der Waals surface area contributed by atoms with Crippen LogP contribution in [0.5, 0.6) is 0 Å². The van der Waals surface area contributed by atoms with Crippen molar-refractivity contribution in [2.45, 2.75) is 24.9 Å². The molecule has 1 unspecified atom stereocenters. The molecule has 2 N–H and O–H groups in total. The number of nitrogens with one attached hydrogen (secondary N) is 2. The number of hydrogen-bond acceptors (Lipinski definition) is 4. The molecular weight excluding hydrogens is 252 g/mol. The molecular formula is C11H14N4O2S. The van der Waals surface area contributed by atoms with Gasteiger partial charge in [0.25, 0.3) is 10.0 Å². The zero-order chi connectivity index (χ0) is 13.2. The van der Waals surface area contributed by atoms with Gasteiger partial charge in [0.05, 0.1) is 6.20 Å². The summed E-state index contributed by atoms with van der Waals surface area (Å²) in [7, 11) is -3.58. The predicted molar refractivity (Wildman–Crippen MR) is 66.3 cm³/mol. The van der Waals surface area contributed by atoms with Crippen LogP contribution in [0.1, 0.15) is 24.4 Å². The van der Waals surface area contributed by atoms with Gasteiger partial charge in [-0.3, -0.25) is 4.98 Å². The summed E-state index contributed by atoms with van der Waals surface area (Å²) in [5.74, 6) is 0.560. The van der Waals surface area contributed by atoms with Crippen molar-refractivity contribution in [3.8, 4) is 0 Å². The number of aromatic nitrogens is 3. The van der Waals surface area contributed by atoms with Crippen molar-refractivity contribution in [3.63, 3.8) is 0 Å². The van der Waals surface area contributed by atoms with Gasteiger partial charge in [-0.2, -0.15) is 0 Å². The van der Waals surface area contributed by atoms with Gasteiger partial charge in [-0.05, 0) is 25.5 Å². The first-order valence-electron chi connectivity index (χ1n) is 5.43. The van der Waals surface area contributed by atoms with Gasteiger partial charge in [0.2, 0.25) is 0 Å². The zero-order valence-corrected chi connectivity index (χ0v) is 10.9. The third kappa shape index (κ3) is 2.74. The average Bonchev–Trinajstić information content (AvgIpc) is 2.77. The average molecular weight is 266 g/mol. The molecule has 0 aliphatic rings. The van der Waals surface area contributed by atoms with Crippen LogP contribution in [0.15, 0.2) is 35.7 Å². The van der Waals surface area contributed by atoms with Crippen molar-refractivity contribution in [2.75, 3.05) is 0 Å². The van der Waals surface area contributed by atoms with E-state index in [0.717, 1.165) is 5.56 Å². The van der Waals surface area contributed by atoms with Gasteiger partial charge < -0.3 is 4.98 Å². The van der Waals surface area contributed by atoms with Crippen LogP contribution >= 0.6 is 0 Å². The summed E-state index contributed by atoms with van der Waals surface area (Å²) >= 11 is 0. The normalized spacial score (nSPS) is 13.4. The highest BCUT2D eigenvalue weighted by Gasteiger charge is 2.20. The first-order chi connectivity index (χ1) is 8.49. The lowest BCUT2D eigenvalue weighted by Crippen LogP contribution is -2.27. The number of sulfonamides is 1. The molecule has 0 radical (unpaired) electrons. The van der Waals surface area contributed by atoms with Gasteiger partial charge in [-0.15, -0.1) is 0 Å². The van der Waals surface area contributed by atoms with Gasteiger partial charge in [0, 0.05) is 18.4 Å². The topological polar surface area (TPSA) is 87.7 Å². The number of H-pyrrole nitrogens is 1. The van der Waals surface area contributed by atoms with Crippen LogP contribution in [-0.4, -0.2) is 23.4 Å². The Morgan fingerprint density at radius 1 is 1.39 bits per heavy atom. The van der Waals surface area contributed by atoms with E-state index in [4.69, 9.17) is 0 Å². The number of pyridine rings is 1. The maximum atomic E-state index is 12.0. The Kier molecular flexibility index (Phi) is 3.44. The molecule has 0 bridgehead atoms. The molecule has 7 heteroatoms. The maximum absolute atomic E-state index is 12.0. The van der Waals surface area contributed by atoms with Gasteiger partial charge in [0.15, 0.2) is 5.03 Å². The molecule has 18 heavy (non-hydrogen) atoms. The maximum Gasteiger partial charge on any atom is 0.258 e. The number of rotatable bonds is 4. The molecule has 0 aliphatic heterocycles. The van der Waals surface area contributed by atoms with Crippen LogP contribution in [0.25, 0.3) is 0 Å². The van der Waals surface area contributed by atoms with Crippen molar-refractivity contribution in [2.24, 2.45) is 0 Å². The van der Waals surface area contributed by atoms with E-state index in [-0.39, 0.29) is 11.1 Å². The Bertz CT molecular complexity index is 622. The second kappa shape index (κ2) is 4.87. The fourth-order valence-electron chi connectivity index (χ4n) is 1.53. The second-order valence-electron chi connectivity index (χ2n) is 3.96. The van der Waals surface area contributed by atoms with E-state index in [0.29, 0.717) is 5.82 Å². The number of nitrogens with zero attached hydrogens (tertiary/aromatic N) is 2. The first kappa shape index (κ1) is 12.7. The Balaban J connectivity index is 2.19. The lowest BCUT2D eigenvalue weighted by Gasteiger charge is -2.12. The van der Waals surface area contributed by atoms with Crippen LogP contribution in [0.2, 0.25) is 0 Å². The number of aromatic amines is 1. The summed E-state index contributed by atoms with van der Waals surface area (Å²) in [6.07, 6.45) is 4.57. The van der Waals surface area contributed by atoms with Crippen molar-refractivity contribution in [1.29, 1.82) is 0 Å². The zero-order valence-electron chi connectivity index (χ0n) is 10.1. The monoisotopic (exact) mass is 266 g/mol. The van der Waals surface area contributed by atoms with Crippen LogP contribution in [0.4, 0.5) is 0 Å². The van der Waals surface area contributed by atoms with E-state index >= 15 is 0 Å². The molecule has 6 nitrogen and oxygen atoms in total. The van der Waals surface area contributed by atoms with Gasteiger partial charge in [-0.25, -0.2) is 18.1 Å². The molecule has 0 aliphatic carbocycles.